The first-order valence-corrected chi connectivity index (χ1v) is 5.36. The van der Waals surface area contributed by atoms with Gasteiger partial charge in [-0.1, -0.05) is 15.9 Å². The summed E-state index contributed by atoms with van der Waals surface area (Å²) < 4.78 is 14.8. The predicted octanol–water partition coefficient (Wildman–Crippen LogP) is 4.09. The standard InChI is InChI=1S/C8H4BrFS2/c9-5-3-6(10)7(11)8-4(5)1-2-12-8/h1-3,11H. The minimum atomic E-state index is -0.278. The lowest BCUT2D eigenvalue weighted by atomic mass is 10.2. The Balaban J connectivity index is 2.97. The number of fused-ring (bicyclic) bond motifs is 1. The molecule has 4 heteroatoms. The van der Waals surface area contributed by atoms with Crippen LogP contribution in [-0.2, 0) is 0 Å². The SMILES string of the molecule is Fc1cc(Br)c2ccsc2c1S. The zero-order valence-corrected chi connectivity index (χ0v) is 9.14. The maximum atomic E-state index is 13.1. The number of rotatable bonds is 0. The molecular weight excluding hydrogens is 259 g/mol. The normalized spacial score (nSPS) is 10.9. The maximum absolute atomic E-state index is 13.1. The molecule has 0 radical (unpaired) electrons. The van der Waals surface area contributed by atoms with Crippen LogP contribution in [0.25, 0.3) is 10.1 Å². The van der Waals surface area contributed by atoms with Gasteiger partial charge in [0.1, 0.15) is 5.82 Å². The smallest absolute Gasteiger partial charge is 0.139 e. The molecule has 1 heterocycles. The number of halogens is 2. The highest BCUT2D eigenvalue weighted by molar-refractivity contribution is 9.10. The van der Waals surface area contributed by atoms with Gasteiger partial charge >= 0.3 is 0 Å². The monoisotopic (exact) mass is 262 g/mol. The predicted molar refractivity (Wildman–Crippen MR) is 56.7 cm³/mol. The Kier molecular flexibility index (Phi) is 2.14. The third-order valence-corrected chi connectivity index (χ3v) is 3.79. The van der Waals surface area contributed by atoms with Crippen LogP contribution < -0.4 is 0 Å². The van der Waals surface area contributed by atoms with Crippen LogP contribution in [0, 0.1) is 5.82 Å². The van der Waals surface area contributed by atoms with Crippen molar-refractivity contribution in [2.24, 2.45) is 0 Å². The second-order valence-corrected chi connectivity index (χ2v) is 4.57. The second-order valence-electron chi connectivity index (χ2n) is 2.35. The molecule has 0 atom stereocenters. The molecule has 0 fully saturated rings. The summed E-state index contributed by atoms with van der Waals surface area (Å²) in [6.45, 7) is 0. The Hall–Kier alpha value is -0.0600. The van der Waals surface area contributed by atoms with Gasteiger partial charge in [0.05, 0.1) is 9.60 Å². The lowest BCUT2D eigenvalue weighted by Crippen LogP contribution is -1.78. The van der Waals surface area contributed by atoms with Crippen molar-refractivity contribution in [1.82, 2.24) is 0 Å². The third kappa shape index (κ3) is 1.18. The minimum absolute atomic E-state index is 0.278. The van der Waals surface area contributed by atoms with E-state index in [-0.39, 0.29) is 5.82 Å². The summed E-state index contributed by atoms with van der Waals surface area (Å²) in [6.07, 6.45) is 0. The summed E-state index contributed by atoms with van der Waals surface area (Å²) in [4.78, 5) is 0.434. The average molecular weight is 263 g/mol. The van der Waals surface area contributed by atoms with E-state index >= 15 is 0 Å². The molecule has 0 N–H and O–H groups in total. The van der Waals surface area contributed by atoms with Crippen molar-refractivity contribution >= 4 is 50.0 Å². The van der Waals surface area contributed by atoms with Crippen LogP contribution in [0.1, 0.15) is 0 Å². The van der Waals surface area contributed by atoms with E-state index in [1.54, 1.807) is 0 Å². The van der Waals surface area contributed by atoms with Crippen molar-refractivity contribution < 1.29 is 4.39 Å². The fraction of sp³-hybridized carbons (Fsp3) is 0. The van der Waals surface area contributed by atoms with Crippen molar-refractivity contribution in [3.63, 3.8) is 0 Å². The van der Waals surface area contributed by atoms with Crippen LogP contribution in [0.3, 0.4) is 0 Å². The van der Waals surface area contributed by atoms with E-state index in [9.17, 15) is 4.39 Å². The van der Waals surface area contributed by atoms with Gasteiger partial charge in [-0.15, -0.1) is 24.0 Å². The molecule has 62 valence electrons. The molecule has 2 aromatic rings. The highest BCUT2D eigenvalue weighted by atomic mass is 79.9. The number of hydrogen-bond acceptors (Lipinski definition) is 2. The molecular formula is C8H4BrFS2. The molecule has 0 bridgehead atoms. The Morgan fingerprint density at radius 1 is 1.50 bits per heavy atom. The van der Waals surface area contributed by atoms with Crippen molar-refractivity contribution in [3.8, 4) is 0 Å². The molecule has 0 spiro atoms. The maximum Gasteiger partial charge on any atom is 0.139 e. The van der Waals surface area contributed by atoms with Gasteiger partial charge in [-0.25, -0.2) is 4.39 Å². The quantitative estimate of drug-likeness (QED) is 0.680. The summed E-state index contributed by atoms with van der Waals surface area (Å²) in [5.41, 5.74) is 0. The zero-order chi connectivity index (χ0) is 8.72. The van der Waals surface area contributed by atoms with Crippen LogP contribution in [0.4, 0.5) is 4.39 Å². The van der Waals surface area contributed by atoms with Crippen LogP contribution in [-0.4, -0.2) is 0 Å². The van der Waals surface area contributed by atoms with Crippen LogP contribution in [0.2, 0.25) is 0 Å². The lowest BCUT2D eigenvalue weighted by Gasteiger charge is -1.99. The van der Waals surface area contributed by atoms with Crippen molar-refractivity contribution in [2.45, 2.75) is 4.90 Å². The van der Waals surface area contributed by atoms with E-state index in [1.807, 2.05) is 11.4 Å². The van der Waals surface area contributed by atoms with E-state index in [2.05, 4.69) is 28.6 Å². The molecule has 0 aliphatic carbocycles. The van der Waals surface area contributed by atoms with Crippen LogP contribution >= 0.6 is 39.9 Å². The Morgan fingerprint density at radius 2 is 2.25 bits per heavy atom. The molecule has 0 saturated heterocycles. The highest BCUT2D eigenvalue weighted by Gasteiger charge is 2.08. The fourth-order valence-corrected chi connectivity index (χ4v) is 2.91. The molecule has 12 heavy (non-hydrogen) atoms. The van der Waals surface area contributed by atoms with Gasteiger partial charge in [0.15, 0.2) is 0 Å². The lowest BCUT2D eigenvalue weighted by molar-refractivity contribution is 0.606. The number of hydrogen-bond donors (Lipinski definition) is 1. The largest absolute Gasteiger partial charge is 0.206 e. The van der Waals surface area contributed by atoms with Crippen molar-refractivity contribution in [3.05, 3.63) is 27.8 Å². The van der Waals surface area contributed by atoms with E-state index in [0.29, 0.717) is 4.90 Å². The third-order valence-electron chi connectivity index (χ3n) is 1.62. The van der Waals surface area contributed by atoms with E-state index < -0.39 is 0 Å². The molecule has 1 aromatic carbocycles. The molecule has 0 aliphatic rings. The van der Waals surface area contributed by atoms with E-state index in [4.69, 9.17) is 0 Å². The van der Waals surface area contributed by atoms with Crippen LogP contribution in [0.5, 0.6) is 0 Å². The topological polar surface area (TPSA) is 0 Å². The number of benzene rings is 1. The first kappa shape index (κ1) is 8.53. The second kappa shape index (κ2) is 3.01. The van der Waals surface area contributed by atoms with Gasteiger partial charge in [-0.2, -0.15) is 0 Å². The number of thiophene rings is 1. The molecule has 2 rings (SSSR count). The minimum Gasteiger partial charge on any atom is -0.206 e. The Labute approximate surface area is 86.9 Å². The first-order valence-electron chi connectivity index (χ1n) is 3.24. The van der Waals surface area contributed by atoms with Gasteiger partial charge in [-0.05, 0) is 17.5 Å². The Bertz CT molecular complexity index is 436. The summed E-state index contributed by atoms with van der Waals surface area (Å²) in [6, 6.07) is 3.39. The summed E-state index contributed by atoms with van der Waals surface area (Å²) in [5, 5.41) is 2.94. The Morgan fingerprint density at radius 3 is 3.00 bits per heavy atom. The molecule has 0 nitrogen and oxygen atoms in total. The zero-order valence-electron chi connectivity index (χ0n) is 5.84. The first-order chi connectivity index (χ1) is 5.70. The molecule has 0 amide bonds. The average Bonchev–Trinajstić information content (AvgIpc) is 2.48. The van der Waals surface area contributed by atoms with E-state index in [1.165, 1.54) is 17.4 Å². The van der Waals surface area contributed by atoms with E-state index in [0.717, 1.165) is 14.6 Å². The van der Waals surface area contributed by atoms with Gasteiger partial charge in [-0.3, -0.25) is 0 Å². The molecule has 1 aromatic heterocycles. The van der Waals surface area contributed by atoms with Gasteiger partial charge in [0.25, 0.3) is 0 Å². The number of thiol groups is 1. The summed E-state index contributed by atoms with van der Waals surface area (Å²) in [5.74, 6) is -0.278. The summed E-state index contributed by atoms with van der Waals surface area (Å²) in [7, 11) is 0. The van der Waals surface area contributed by atoms with Crippen molar-refractivity contribution in [2.75, 3.05) is 0 Å². The molecule has 0 aliphatic heterocycles. The van der Waals surface area contributed by atoms with Crippen molar-refractivity contribution in [1.29, 1.82) is 0 Å². The fourth-order valence-electron chi connectivity index (χ4n) is 1.05. The molecule has 0 unspecified atom stereocenters. The summed E-state index contributed by atoms with van der Waals surface area (Å²) >= 11 is 8.88. The molecule has 0 saturated carbocycles. The van der Waals surface area contributed by atoms with Gasteiger partial charge < -0.3 is 0 Å². The van der Waals surface area contributed by atoms with Gasteiger partial charge in [0.2, 0.25) is 0 Å². The van der Waals surface area contributed by atoms with Gasteiger partial charge in [0, 0.05) is 9.86 Å². The highest BCUT2D eigenvalue weighted by Crippen LogP contribution is 2.34. The van der Waals surface area contributed by atoms with Crippen LogP contribution in [0.15, 0.2) is 26.9 Å².